The van der Waals surface area contributed by atoms with Crippen LogP contribution in [0.5, 0.6) is 0 Å². The first-order chi connectivity index (χ1) is 7.93. The minimum Gasteiger partial charge on any atom is -0.327 e. The van der Waals surface area contributed by atoms with Crippen molar-refractivity contribution in [1.82, 2.24) is 0 Å². The lowest BCUT2D eigenvalue weighted by molar-refractivity contribution is -0.137. The summed E-state index contributed by atoms with van der Waals surface area (Å²) in [5.74, 6) is 0. The maximum Gasteiger partial charge on any atom is 0.416 e. The van der Waals surface area contributed by atoms with Crippen LogP contribution in [0.1, 0.15) is 24.0 Å². The number of alkyl halides is 3. The van der Waals surface area contributed by atoms with Crippen molar-refractivity contribution >= 4 is 0 Å². The first kappa shape index (κ1) is 13.8. The highest BCUT2D eigenvalue weighted by atomic mass is 19.4. The Balaban J connectivity index is 2.59. The summed E-state index contributed by atoms with van der Waals surface area (Å²) < 4.78 is 36.9. The Kier molecular flexibility index (Phi) is 4.75. The molecule has 94 valence electrons. The minimum atomic E-state index is -4.27. The molecular formula is C13H16F3N. The summed E-state index contributed by atoms with van der Waals surface area (Å²) in [5.41, 5.74) is 6.05. The van der Waals surface area contributed by atoms with Gasteiger partial charge in [-0.2, -0.15) is 13.2 Å². The zero-order valence-corrected chi connectivity index (χ0v) is 9.50. The third-order valence-corrected chi connectivity index (χ3v) is 2.52. The Labute approximate surface area is 99.1 Å². The zero-order valence-electron chi connectivity index (χ0n) is 9.50. The number of allylic oxidation sites excluding steroid dienone is 1. The molecule has 0 amide bonds. The van der Waals surface area contributed by atoms with Crippen molar-refractivity contribution in [3.63, 3.8) is 0 Å². The number of halogens is 3. The highest BCUT2D eigenvalue weighted by Crippen LogP contribution is 2.29. The van der Waals surface area contributed by atoms with E-state index in [9.17, 15) is 13.2 Å². The third-order valence-electron chi connectivity index (χ3n) is 2.52. The molecule has 0 saturated carbocycles. The van der Waals surface area contributed by atoms with E-state index in [0.29, 0.717) is 6.42 Å². The van der Waals surface area contributed by atoms with Gasteiger partial charge in [-0.3, -0.25) is 0 Å². The van der Waals surface area contributed by atoms with Crippen LogP contribution in [0, 0.1) is 0 Å². The molecule has 17 heavy (non-hydrogen) atoms. The van der Waals surface area contributed by atoms with Gasteiger partial charge in [-0.15, -0.1) is 6.58 Å². The predicted molar refractivity (Wildman–Crippen MR) is 62.6 cm³/mol. The van der Waals surface area contributed by atoms with Crippen molar-refractivity contribution in [2.24, 2.45) is 5.73 Å². The van der Waals surface area contributed by atoms with Crippen molar-refractivity contribution < 1.29 is 13.2 Å². The second kappa shape index (κ2) is 5.87. The third kappa shape index (κ3) is 4.61. The van der Waals surface area contributed by atoms with E-state index in [1.54, 1.807) is 6.08 Å². The van der Waals surface area contributed by atoms with E-state index < -0.39 is 11.7 Å². The van der Waals surface area contributed by atoms with Crippen molar-refractivity contribution in [3.05, 3.63) is 48.0 Å². The Bertz CT molecular complexity index is 354. The van der Waals surface area contributed by atoms with Gasteiger partial charge >= 0.3 is 6.18 Å². The van der Waals surface area contributed by atoms with E-state index in [1.807, 2.05) is 0 Å². The molecule has 0 aromatic heterocycles. The zero-order chi connectivity index (χ0) is 12.9. The van der Waals surface area contributed by atoms with Gasteiger partial charge in [0.25, 0.3) is 0 Å². The van der Waals surface area contributed by atoms with Crippen molar-refractivity contribution in [1.29, 1.82) is 0 Å². The monoisotopic (exact) mass is 243 g/mol. The predicted octanol–water partition coefficient (Wildman–Crippen LogP) is 3.54. The van der Waals surface area contributed by atoms with E-state index in [4.69, 9.17) is 5.73 Å². The van der Waals surface area contributed by atoms with Crippen LogP contribution in [0.25, 0.3) is 0 Å². The van der Waals surface area contributed by atoms with Crippen LogP contribution < -0.4 is 5.73 Å². The molecule has 0 bridgehead atoms. The minimum absolute atomic E-state index is 0.0373. The molecule has 1 aromatic carbocycles. The van der Waals surface area contributed by atoms with E-state index in [-0.39, 0.29) is 6.04 Å². The molecule has 2 N–H and O–H groups in total. The second-order valence-electron chi connectivity index (χ2n) is 4.02. The van der Waals surface area contributed by atoms with Gasteiger partial charge in [0.2, 0.25) is 0 Å². The fraction of sp³-hybridized carbons (Fsp3) is 0.385. The molecule has 0 aliphatic rings. The Morgan fingerprint density at radius 3 is 2.29 bits per heavy atom. The van der Waals surface area contributed by atoms with Gasteiger partial charge in [0.1, 0.15) is 0 Å². The maximum atomic E-state index is 12.3. The molecule has 1 atom stereocenters. The van der Waals surface area contributed by atoms with E-state index in [0.717, 1.165) is 30.5 Å². The largest absolute Gasteiger partial charge is 0.416 e. The van der Waals surface area contributed by atoms with Crippen molar-refractivity contribution in [2.75, 3.05) is 0 Å². The molecule has 0 spiro atoms. The van der Waals surface area contributed by atoms with Gasteiger partial charge in [-0.05, 0) is 37.0 Å². The number of hydrogen-bond acceptors (Lipinski definition) is 1. The normalized spacial score (nSPS) is 13.4. The molecule has 0 heterocycles. The fourth-order valence-corrected chi connectivity index (χ4v) is 1.57. The molecule has 4 heteroatoms. The number of nitrogens with two attached hydrogens (primary N) is 1. The van der Waals surface area contributed by atoms with Crippen LogP contribution in [0.3, 0.4) is 0 Å². The van der Waals surface area contributed by atoms with Gasteiger partial charge < -0.3 is 5.73 Å². The quantitative estimate of drug-likeness (QED) is 0.786. The summed E-state index contributed by atoms with van der Waals surface area (Å²) >= 11 is 0. The first-order valence-electron chi connectivity index (χ1n) is 5.46. The second-order valence-corrected chi connectivity index (χ2v) is 4.02. The number of rotatable bonds is 5. The van der Waals surface area contributed by atoms with Crippen molar-refractivity contribution in [2.45, 2.75) is 31.5 Å². The summed E-state index contributed by atoms with van der Waals surface area (Å²) in [7, 11) is 0. The molecule has 1 rings (SSSR count). The molecule has 1 unspecified atom stereocenters. The van der Waals surface area contributed by atoms with Gasteiger partial charge in [-0.1, -0.05) is 18.2 Å². The van der Waals surface area contributed by atoms with Crippen molar-refractivity contribution in [3.8, 4) is 0 Å². The van der Waals surface area contributed by atoms with Gasteiger partial charge in [-0.25, -0.2) is 0 Å². The van der Waals surface area contributed by atoms with Crippen LogP contribution in [0.15, 0.2) is 36.9 Å². The molecule has 0 saturated heterocycles. The van der Waals surface area contributed by atoms with Gasteiger partial charge in [0, 0.05) is 6.04 Å². The van der Waals surface area contributed by atoms with Crippen LogP contribution in [-0.2, 0) is 12.6 Å². The van der Waals surface area contributed by atoms with Gasteiger partial charge in [0.05, 0.1) is 5.56 Å². The van der Waals surface area contributed by atoms with E-state index in [2.05, 4.69) is 6.58 Å². The summed E-state index contributed by atoms with van der Waals surface area (Å²) in [6.07, 6.45) is -0.283. The van der Waals surface area contributed by atoms with Crippen LogP contribution >= 0.6 is 0 Å². The average molecular weight is 243 g/mol. The lowest BCUT2D eigenvalue weighted by Gasteiger charge is -2.11. The average Bonchev–Trinajstić information content (AvgIpc) is 2.26. The molecule has 1 aromatic rings. The molecule has 0 fully saturated rings. The summed E-state index contributed by atoms with van der Waals surface area (Å²) in [5, 5.41) is 0. The number of benzene rings is 1. The van der Waals surface area contributed by atoms with E-state index in [1.165, 1.54) is 12.1 Å². The highest BCUT2D eigenvalue weighted by Gasteiger charge is 2.29. The Hall–Kier alpha value is -1.29. The van der Waals surface area contributed by atoms with Crippen LogP contribution in [-0.4, -0.2) is 6.04 Å². The standard InChI is InChI=1S/C13H16F3N/c1-2-3-4-12(17)9-10-5-7-11(8-6-10)13(14,15)16/h2,5-8,12H,1,3-4,9,17H2. The topological polar surface area (TPSA) is 26.0 Å². The highest BCUT2D eigenvalue weighted by molar-refractivity contribution is 5.25. The van der Waals surface area contributed by atoms with E-state index >= 15 is 0 Å². The fourth-order valence-electron chi connectivity index (χ4n) is 1.57. The smallest absolute Gasteiger partial charge is 0.327 e. The molecular weight excluding hydrogens is 227 g/mol. The van der Waals surface area contributed by atoms with Crippen LogP contribution in [0.4, 0.5) is 13.2 Å². The molecule has 0 aliphatic heterocycles. The summed E-state index contributed by atoms with van der Waals surface area (Å²) in [6, 6.07) is 5.11. The molecule has 0 aliphatic carbocycles. The van der Waals surface area contributed by atoms with Gasteiger partial charge in [0.15, 0.2) is 0 Å². The SMILES string of the molecule is C=CCCC(N)Cc1ccc(C(F)(F)F)cc1. The summed E-state index contributed by atoms with van der Waals surface area (Å²) in [6.45, 7) is 3.60. The lowest BCUT2D eigenvalue weighted by Crippen LogP contribution is -2.22. The molecule has 1 nitrogen and oxygen atoms in total. The Morgan fingerprint density at radius 1 is 1.24 bits per heavy atom. The Morgan fingerprint density at radius 2 is 1.82 bits per heavy atom. The first-order valence-corrected chi connectivity index (χ1v) is 5.46. The lowest BCUT2D eigenvalue weighted by atomic mass is 10.0. The number of hydrogen-bond donors (Lipinski definition) is 1. The molecule has 0 radical (unpaired) electrons. The van der Waals surface area contributed by atoms with Crippen LogP contribution in [0.2, 0.25) is 0 Å². The maximum absolute atomic E-state index is 12.3. The summed E-state index contributed by atoms with van der Waals surface area (Å²) in [4.78, 5) is 0.